The van der Waals surface area contributed by atoms with Crippen LogP contribution in [-0.4, -0.2) is 36.4 Å². The maximum Gasteiger partial charge on any atom is 0.260 e. The van der Waals surface area contributed by atoms with Gasteiger partial charge < -0.3 is 15.0 Å². The monoisotopic (exact) mass is 363 g/mol. The van der Waals surface area contributed by atoms with Crippen LogP contribution in [0.3, 0.4) is 0 Å². The Morgan fingerprint density at radius 1 is 1.15 bits per heavy atom. The van der Waals surface area contributed by atoms with Crippen LogP contribution in [0.15, 0.2) is 54.6 Å². The molecule has 2 aromatic carbocycles. The highest BCUT2D eigenvalue weighted by molar-refractivity contribution is 5.93. The lowest BCUT2D eigenvalue weighted by Gasteiger charge is -2.32. The van der Waals surface area contributed by atoms with Gasteiger partial charge in [-0.1, -0.05) is 18.2 Å². The van der Waals surface area contributed by atoms with Gasteiger partial charge in [-0.2, -0.15) is 5.26 Å². The molecule has 0 radical (unpaired) electrons. The molecule has 0 aromatic heterocycles. The van der Waals surface area contributed by atoms with Crippen molar-refractivity contribution in [1.29, 1.82) is 5.26 Å². The predicted octanol–water partition coefficient (Wildman–Crippen LogP) is 2.81. The molecule has 1 aliphatic heterocycles. The molecule has 1 fully saturated rings. The number of nitrogens with one attached hydrogen (secondary N) is 1. The molecule has 1 saturated heterocycles. The number of nitriles is 1. The highest BCUT2D eigenvalue weighted by Crippen LogP contribution is 2.19. The van der Waals surface area contributed by atoms with Gasteiger partial charge in [0.1, 0.15) is 5.75 Å². The van der Waals surface area contributed by atoms with Crippen molar-refractivity contribution in [2.45, 2.75) is 12.8 Å². The second-order valence-electron chi connectivity index (χ2n) is 6.46. The van der Waals surface area contributed by atoms with Gasteiger partial charge in [0.05, 0.1) is 17.6 Å². The highest BCUT2D eigenvalue weighted by Gasteiger charge is 2.28. The van der Waals surface area contributed by atoms with Gasteiger partial charge in [0.25, 0.3) is 5.91 Å². The van der Waals surface area contributed by atoms with Gasteiger partial charge in [-0.25, -0.2) is 0 Å². The highest BCUT2D eigenvalue weighted by atomic mass is 16.5. The Morgan fingerprint density at radius 3 is 2.59 bits per heavy atom. The molecule has 6 heteroatoms. The number of nitrogens with zero attached hydrogens (tertiary/aromatic N) is 2. The average molecular weight is 363 g/mol. The summed E-state index contributed by atoms with van der Waals surface area (Å²) >= 11 is 0. The number of anilines is 1. The van der Waals surface area contributed by atoms with Crippen molar-refractivity contribution in [1.82, 2.24) is 4.90 Å². The number of amides is 2. The zero-order valence-electron chi connectivity index (χ0n) is 14.9. The third-order valence-electron chi connectivity index (χ3n) is 4.53. The van der Waals surface area contributed by atoms with Crippen molar-refractivity contribution < 1.29 is 14.3 Å². The van der Waals surface area contributed by atoms with Crippen LogP contribution in [0.25, 0.3) is 0 Å². The van der Waals surface area contributed by atoms with Crippen LogP contribution in [-0.2, 0) is 9.59 Å². The minimum Gasteiger partial charge on any atom is -0.484 e. The molecule has 1 N–H and O–H groups in total. The van der Waals surface area contributed by atoms with Gasteiger partial charge in [-0.3, -0.25) is 9.59 Å². The molecular formula is C21H21N3O3. The summed E-state index contributed by atoms with van der Waals surface area (Å²) in [7, 11) is 0. The zero-order chi connectivity index (χ0) is 19.1. The number of para-hydroxylation sites is 1. The molecule has 0 unspecified atom stereocenters. The number of ether oxygens (including phenoxy) is 1. The predicted molar refractivity (Wildman–Crippen MR) is 101 cm³/mol. The number of hydrogen-bond acceptors (Lipinski definition) is 4. The SMILES string of the molecule is N#Cc1ccc(OCC(=O)N2CCC[C@@H](C(=O)Nc3ccccc3)C2)cc1. The number of carbonyl (C=O) groups excluding carboxylic acids is 2. The molecule has 0 aliphatic carbocycles. The van der Waals surface area contributed by atoms with E-state index in [2.05, 4.69) is 5.32 Å². The zero-order valence-corrected chi connectivity index (χ0v) is 14.9. The fourth-order valence-corrected chi connectivity index (χ4v) is 3.05. The Hall–Kier alpha value is -3.33. The lowest BCUT2D eigenvalue weighted by atomic mass is 9.97. The van der Waals surface area contributed by atoms with Crippen LogP contribution in [0, 0.1) is 17.2 Å². The quantitative estimate of drug-likeness (QED) is 0.885. The van der Waals surface area contributed by atoms with Gasteiger partial charge in [0.15, 0.2) is 6.61 Å². The Kier molecular flexibility index (Phi) is 6.06. The molecule has 2 aromatic rings. The van der Waals surface area contributed by atoms with E-state index < -0.39 is 0 Å². The van der Waals surface area contributed by atoms with Gasteiger partial charge in [0.2, 0.25) is 5.91 Å². The summed E-state index contributed by atoms with van der Waals surface area (Å²) in [4.78, 5) is 26.6. The summed E-state index contributed by atoms with van der Waals surface area (Å²) in [6.45, 7) is 0.942. The van der Waals surface area contributed by atoms with Gasteiger partial charge in [0, 0.05) is 18.8 Å². The van der Waals surface area contributed by atoms with E-state index in [1.165, 1.54) is 0 Å². The number of carbonyl (C=O) groups is 2. The Balaban J connectivity index is 1.51. The molecule has 6 nitrogen and oxygen atoms in total. The van der Waals surface area contributed by atoms with E-state index in [0.29, 0.717) is 24.4 Å². The Morgan fingerprint density at radius 2 is 1.89 bits per heavy atom. The summed E-state index contributed by atoms with van der Waals surface area (Å²) in [6.07, 6.45) is 1.55. The van der Waals surface area contributed by atoms with Crippen molar-refractivity contribution in [3.05, 3.63) is 60.2 Å². The number of piperidine rings is 1. The molecule has 2 amide bonds. The van der Waals surface area contributed by atoms with E-state index in [4.69, 9.17) is 10.00 Å². The average Bonchev–Trinajstić information content (AvgIpc) is 2.73. The van der Waals surface area contributed by atoms with Crippen LogP contribution in [0.1, 0.15) is 18.4 Å². The minimum absolute atomic E-state index is 0.0632. The summed E-state index contributed by atoms with van der Waals surface area (Å²) in [6, 6.07) is 18.0. The molecule has 1 aliphatic rings. The molecule has 0 spiro atoms. The largest absolute Gasteiger partial charge is 0.484 e. The summed E-state index contributed by atoms with van der Waals surface area (Å²) in [5.41, 5.74) is 1.30. The fraction of sp³-hybridized carbons (Fsp3) is 0.286. The second kappa shape index (κ2) is 8.86. The first kappa shape index (κ1) is 18.5. The smallest absolute Gasteiger partial charge is 0.260 e. The molecule has 27 heavy (non-hydrogen) atoms. The Bertz CT molecular complexity index is 828. The first-order chi connectivity index (χ1) is 13.2. The van der Waals surface area contributed by atoms with E-state index in [9.17, 15) is 9.59 Å². The van der Waals surface area contributed by atoms with Crippen molar-refractivity contribution in [3.63, 3.8) is 0 Å². The van der Waals surface area contributed by atoms with Crippen LogP contribution in [0.2, 0.25) is 0 Å². The van der Waals surface area contributed by atoms with E-state index in [1.807, 2.05) is 36.4 Å². The summed E-state index contributed by atoms with van der Waals surface area (Å²) in [5, 5.41) is 11.7. The molecule has 3 rings (SSSR count). The van der Waals surface area contributed by atoms with E-state index >= 15 is 0 Å². The van der Waals surface area contributed by atoms with Crippen LogP contribution in [0.5, 0.6) is 5.75 Å². The van der Waals surface area contributed by atoms with Crippen LogP contribution < -0.4 is 10.1 Å². The van der Waals surface area contributed by atoms with Gasteiger partial charge in [-0.15, -0.1) is 0 Å². The normalized spacial score (nSPS) is 16.3. The number of benzene rings is 2. The maximum absolute atomic E-state index is 12.5. The molecule has 1 atom stereocenters. The topological polar surface area (TPSA) is 82.4 Å². The maximum atomic E-state index is 12.5. The van der Waals surface area contributed by atoms with Crippen LogP contribution >= 0.6 is 0 Å². The number of likely N-dealkylation sites (tertiary alicyclic amines) is 1. The van der Waals surface area contributed by atoms with Crippen molar-refractivity contribution in [2.75, 3.05) is 25.0 Å². The summed E-state index contributed by atoms with van der Waals surface area (Å²) in [5.74, 6) is 0.110. The first-order valence-electron chi connectivity index (χ1n) is 8.92. The molecule has 1 heterocycles. The third-order valence-corrected chi connectivity index (χ3v) is 4.53. The van der Waals surface area contributed by atoms with Crippen molar-refractivity contribution in [2.24, 2.45) is 5.92 Å². The van der Waals surface area contributed by atoms with E-state index in [-0.39, 0.29) is 24.3 Å². The standard InChI is InChI=1S/C21H21N3O3/c22-13-16-8-10-19(11-9-16)27-15-20(25)24-12-4-5-17(14-24)21(26)23-18-6-2-1-3-7-18/h1-3,6-11,17H,4-5,12,14-15H2,(H,23,26)/t17-/m1/s1. The van der Waals surface area contributed by atoms with Crippen molar-refractivity contribution in [3.8, 4) is 11.8 Å². The minimum atomic E-state index is -0.224. The molecule has 0 saturated carbocycles. The van der Waals surface area contributed by atoms with Gasteiger partial charge in [-0.05, 0) is 49.2 Å². The lowest BCUT2D eigenvalue weighted by molar-refractivity contribution is -0.136. The van der Waals surface area contributed by atoms with Gasteiger partial charge >= 0.3 is 0 Å². The Labute approximate surface area is 158 Å². The van der Waals surface area contributed by atoms with E-state index in [0.717, 1.165) is 18.5 Å². The third kappa shape index (κ3) is 5.08. The van der Waals surface area contributed by atoms with Crippen molar-refractivity contribution >= 4 is 17.5 Å². The van der Waals surface area contributed by atoms with Crippen LogP contribution in [0.4, 0.5) is 5.69 Å². The fourth-order valence-electron chi connectivity index (χ4n) is 3.05. The lowest BCUT2D eigenvalue weighted by Crippen LogP contribution is -2.45. The first-order valence-corrected chi connectivity index (χ1v) is 8.92. The number of rotatable bonds is 5. The van der Waals surface area contributed by atoms with E-state index in [1.54, 1.807) is 29.2 Å². The summed E-state index contributed by atoms with van der Waals surface area (Å²) < 4.78 is 5.51. The molecular weight excluding hydrogens is 342 g/mol. The number of hydrogen-bond donors (Lipinski definition) is 1. The second-order valence-corrected chi connectivity index (χ2v) is 6.46. The molecule has 0 bridgehead atoms. The molecule has 138 valence electrons.